The van der Waals surface area contributed by atoms with Crippen LogP contribution in [0.15, 0.2) is 36.5 Å². The summed E-state index contributed by atoms with van der Waals surface area (Å²) in [5, 5.41) is 0. The maximum absolute atomic E-state index is 12.3. The van der Waals surface area contributed by atoms with E-state index in [1.165, 1.54) is 12.3 Å². The Labute approximate surface area is 175 Å². The fourth-order valence-electron chi connectivity index (χ4n) is 3.12. The smallest absolute Gasteiger partial charge is 0.309 e. The van der Waals surface area contributed by atoms with Gasteiger partial charge in [-0.25, -0.2) is 0 Å². The summed E-state index contributed by atoms with van der Waals surface area (Å²) in [5.41, 5.74) is 0.686. The summed E-state index contributed by atoms with van der Waals surface area (Å²) in [6.45, 7) is 3.72. The Morgan fingerprint density at radius 2 is 1.70 bits per heavy atom. The van der Waals surface area contributed by atoms with Gasteiger partial charge in [0.2, 0.25) is 5.78 Å². The summed E-state index contributed by atoms with van der Waals surface area (Å²) >= 11 is 0. The topological polar surface area (TPSA) is 97.9 Å². The van der Waals surface area contributed by atoms with Crippen LogP contribution in [0.5, 0.6) is 11.5 Å². The number of hydrogen-bond acceptors (Lipinski definition) is 6. The van der Waals surface area contributed by atoms with Gasteiger partial charge in [-0.3, -0.25) is 14.4 Å². The predicted octanol–water partition coefficient (Wildman–Crippen LogP) is 2.84. The first-order chi connectivity index (χ1) is 14.6. The standard InChI is InChI=1S/C22H26N2O6/c1-2-28-17-5-7-18(8-6-17)29-12-9-21(26)30-15-20(25)16-13-19(23-14-16)22(27)24-10-3-4-11-24/h5-8,13-14,23H,2-4,9-12,15H2,1H3. The summed E-state index contributed by atoms with van der Waals surface area (Å²) in [5.74, 6) is 0.350. The Balaban J connectivity index is 1.38. The van der Waals surface area contributed by atoms with E-state index < -0.39 is 5.97 Å². The van der Waals surface area contributed by atoms with Crippen molar-refractivity contribution in [2.24, 2.45) is 0 Å². The van der Waals surface area contributed by atoms with Crippen LogP contribution in [-0.4, -0.2) is 60.5 Å². The lowest BCUT2D eigenvalue weighted by Crippen LogP contribution is -2.27. The van der Waals surface area contributed by atoms with Gasteiger partial charge in [0.05, 0.1) is 19.6 Å². The van der Waals surface area contributed by atoms with Gasteiger partial charge in [-0.15, -0.1) is 0 Å². The number of carbonyl (C=O) groups is 3. The minimum absolute atomic E-state index is 0.0202. The van der Waals surface area contributed by atoms with Gasteiger partial charge in [-0.2, -0.15) is 0 Å². The average Bonchev–Trinajstić information content (AvgIpc) is 3.45. The molecule has 0 atom stereocenters. The summed E-state index contributed by atoms with van der Waals surface area (Å²) in [7, 11) is 0. The van der Waals surface area contributed by atoms with Crippen LogP contribution in [0.3, 0.4) is 0 Å². The zero-order valence-corrected chi connectivity index (χ0v) is 17.0. The van der Waals surface area contributed by atoms with Crippen LogP contribution in [0.4, 0.5) is 0 Å². The van der Waals surface area contributed by atoms with E-state index in [9.17, 15) is 14.4 Å². The third-order valence-corrected chi connectivity index (χ3v) is 4.70. The molecule has 30 heavy (non-hydrogen) atoms. The lowest BCUT2D eigenvalue weighted by atomic mass is 10.2. The van der Waals surface area contributed by atoms with E-state index in [0.29, 0.717) is 23.6 Å². The van der Waals surface area contributed by atoms with Gasteiger partial charge in [0.15, 0.2) is 6.61 Å². The molecular weight excluding hydrogens is 388 g/mol. The molecule has 1 amide bonds. The first kappa shape index (κ1) is 21.4. The molecule has 1 N–H and O–H groups in total. The van der Waals surface area contributed by atoms with Crippen molar-refractivity contribution in [3.05, 3.63) is 47.8 Å². The van der Waals surface area contributed by atoms with Gasteiger partial charge in [0.25, 0.3) is 5.91 Å². The number of Topliss-reactive ketones (excluding diaryl/α,β-unsaturated/α-hetero) is 1. The van der Waals surface area contributed by atoms with Crippen LogP contribution < -0.4 is 9.47 Å². The van der Waals surface area contributed by atoms with Crippen molar-refractivity contribution in [3.63, 3.8) is 0 Å². The summed E-state index contributed by atoms with van der Waals surface area (Å²) in [4.78, 5) is 41.0. The normalized spacial score (nSPS) is 13.2. The van der Waals surface area contributed by atoms with E-state index in [2.05, 4.69) is 4.98 Å². The molecule has 1 aliphatic rings. The van der Waals surface area contributed by atoms with Crippen molar-refractivity contribution in [2.45, 2.75) is 26.2 Å². The molecule has 1 saturated heterocycles. The third kappa shape index (κ3) is 5.85. The van der Waals surface area contributed by atoms with Crippen molar-refractivity contribution < 1.29 is 28.6 Å². The number of nitrogens with zero attached hydrogens (tertiary/aromatic N) is 1. The van der Waals surface area contributed by atoms with Crippen molar-refractivity contribution in [1.82, 2.24) is 9.88 Å². The van der Waals surface area contributed by atoms with Crippen molar-refractivity contribution in [2.75, 3.05) is 32.9 Å². The van der Waals surface area contributed by atoms with Crippen LogP contribution in [0.1, 0.15) is 47.0 Å². The monoisotopic (exact) mass is 414 g/mol. The highest BCUT2D eigenvalue weighted by Gasteiger charge is 2.22. The van der Waals surface area contributed by atoms with Gasteiger partial charge >= 0.3 is 5.97 Å². The van der Waals surface area contributed by atoms with Crippen molar-refractivity contribution >= 4 is 17.7 Å². The number of aromatic nitrogens is 1. The molecule has 0 aliphatic carbocycles. The number of rotatable bonds is 10. The van der Waals surface area contributed by atoms with Gasteiger partial charge in [-0.1, -0.05) is 0 Å². The predicted molar refractivity (Wildman–Crippen MR) is 109 cm³/mol. The fraction of sp³-hybridized carbons (Fsp3) is 0.409. The number of ether oxygens (including phenoxy) is 3. The Kier molecular flexibility index (Phi) is 7.48. The quantitative estimate of drug-likeness (QED) is 0.474. The molecule has 8 heteroatoms. The number of hydrogen-bond donors (Lipinski definition) is 1. The van der Waals surface area contributed by atoms with Gasteiger partial charge in [-0.05, 0) is 50.1 Å². The number of benzene rings is 1. The number of carbonyl (C=O) groups excluding carboxylic acids is 3. The molecule has 1 fully saturated rings. The lowest BCUT2D eigenvalue weighted by molar-refractivity contribution is -0.143. The van der Waals surface area contributed by atoms with E-state index in [0.717, 1.165) is 31.7 Å². The van der Waals surface area contributed by atoms with Crippen LogP contribution in [0.25, 0.3) is 0 Å². The summed E-state index contributed by atoms with van der Waals surface area (Å²) < 4.78 is 15.9. The Morgan fingerprint density at radius 1 is 1.03 bits per heavy atom. The molecule has 0 radical (unpaired) electrons. The second kappa shape index (κ2) is 10.5. The molecule has 1 aromatic carbocycles. The Bertz CT molecular complexity index is 868. The molecule has 3 rings (SSSR count). The second-order valence-corrected chi connectivity index (χ2v) is 6.89. The van der Waals surface area contributed by atoms with E-state index in [1.807, 2.05) is 6.92 Å². The Morgan fingerprint density at radius 3 is 2.37 bits per heavy atom. The number of ketones is 1. The van der Waals surface area contributed by atoms with Crippen molar-refractivity contribution in [3.8, 4) is 11.5 Å². The number of esters is 1. The first-order valence-electron chi connectivity index (χ1n) is 10.1. The minimum Gasteiger partial charge on any atom is -0.494 e. The maximum atomic E-state index is 12.3. The van der Waals surface area contributed by atoms with E-state index >= 15 is 0 Å². The van der Waals surface area contributed by atoms with E-state index in [-0.39, 0.29) is 31.3 Å². The molecular formula is C22H26N2O6. The lowest BCUT2D eigenvalue weighted by Gasteiger charge is -2.13. The molecule has 2 heterocycles. The molecule has 0 bridgehead atoms. The third-order valence-electron chi connectivity index (χ3n) is 4.70. The SMILES string of the molecule is CCOc1ccc(OCCC(=O)OCC(=O)c2c[nH]c(C(=O)N3CCCC3)c2)cc1. The van der Waals surface area contributed by atoms with E-state index in [4.69, 9.17) is 14.2 Å². The molecule has 1 aromatic heterocycles. The summed E-state index contributed by atoms with van der Waals surface area (Å²) in [6.07, 6.45) is 3.48. The molecule has 160 valence electrons. The number of nitrogens with one attached hydrogen (secondary N) is 1. The van der Waals surface area contributed by atoms with Crippen LogP contribution in [0, 0.1) is 0 Å². The van der Waals surface area contributed by atoms with Crippen LogP contribution in [0.2, 0.25) is 0 Å². The summed E-state index contributed by atoms with van der Waals surface area (Å²) in [6, 6.07) is 8.59. The van der Waals surface area contributed by atoms with Gasteiger partial charge in [0.1, 0.15) is 17.2 Å². The average molecular weight is 414 g/mol. The molecule has 2 aromatic rings. The van der Waals surface area contributed by atoms with Crippen molar-refractivity contribution in [1.29, 1.82) is 0 Å². The number of amides is 1. The van der Waals surface area contributed by atoms with E-state index in [1.54, 1.807) is 29.2 Å². The number of likely N-dealkylation sites (tertiary alicyclic amines) is 1. The van der Waals surface area contributed by atoms with Crippen LogP contribution >= 0.6 is 0 Å². The molecule has 1 aliphatic heterocycles. The zero-order chi connectivity index (χ0) is 21.3. The molecule has 8 nitrogen and oxygen atoms in total. The zero-order valence-electron chi connectivity index (χ0n) is 17.0. The largest absolute Gasteiger partial charge is 0.494 e. The van der Waals surface area contributed by atoms with Gasteiger partial charge < -0.3 is 24.1 Å². The first-order valence-corrected chi connectivity index (χ1v) is 10.1. The highest BCUT2D eigenvalue weighted by molar-refractivity contribution is 6.01. The molecule has 0 unspecified atom stereocenters. The highest BCUT2D eigenvalue weighted by atomic mass is 16.5. The second-order valence-electron chi connectivity index (χ2n) is 6.89. The number of H-pyrrole nitrogens is 1. The van der Waals surface area contributed by atoms with Crippen LogP contribution in [-0.2, 0) is 9.53 Å². The fourth-order valence-corrected chi connectivity index (χ4v) is 3.12. The number of aromatic amines is 1. The minimum atomic E-state index is -0.529. The molecule has 0 saturated carbocycles. The Hall–Kier alpha value is -3.29. The molecule has 0 spiro atoms. The van der Waals surface area contributed by atoms with Gasteiger partial charge in [0, 0.05) is 24.8 Å². The highest BCUT2D eigenvalue weighted by Crippen LogP contribution is 2.18. The maximum Gasteiger partial charge on any atom is 0.309 e.